The summed E-state index contributed by atoms with van der Waals surface area (Å²) in [5.74, 6) is -1.65. The van der Waals surface area contributed by atoms with E-state index >= 15 is 0 Å². The van der Waals surface area contributed by atoms with Crippen molar-refractivity contribution in [3.8, 4) is 5.75 Å². The molecule has 0 fully saturated rings. The third-order valence-electron chi connectivity index (χ3n) is 3.31. The van der Waals surface area contributed by atoms with Crippen molar-refractivity contribution < 1.29 is 31.7 Å². The summed E-state index contributed by atoms with van der Waals surface area (Å²) in [6, 6.07) is 11.2. The maximum Gasteiger partial charge on any atom is 0.345 e. The SMILES string of the molecule is COC(=O)C(=Cc1ccc(OS(=O)(=O)c2ccc(Cl)cc2)cc1)C(=O)OC. The smallest absolute Gasteiger partial charge is 0.345 e. The Balaban J connectivity index is 2.24. The summed E-state index contributed by atoms with van der Waals surface area (Å²) in [5, 5.41) is 0.400. The van der Waals surface area contributed by atoms with Crippen molar-refractivity contribution in [1.29, 1.82) is 0 Å². The molecule has 27 heavy (non-hydrogen) atoms. The normalized spacial score (nSPS) is 10.6. The van der Waals surface area contributed by atoms with Crippen LogP contribution in [0.1, 0.15) is 5.56 Å². The second-order valence-corrected chi connectivity index (χ2v) is 7.08. The summed E-state index contributed by atoms with van der Waals surface area (Å²) < 4.78 is 38.6. The molecule has 0 aliphatic rings. The Labute approximate surface area is 161 Å². The zero-order chi connectivity index (χ0) is 20.0. The largest absolute Gasteiger partial charge is 0.465 e. The molecular formula is C18H15ClO7S. The lowest BCUT2D eigenvalue weighted by atomic mass is 10.1. The Morgan fingerprint density at radius 2 is 1.41 bits per heavy atom. The first-order valence-electron chi connectivity index (χ1n) is 7.45. The average molecular weight is 411 g/mol. The number of hydrogen-bond acceptors (Lipinski definition) is 7. The zero-order valence-electron chi connectivity index (χ0n) is 14.3. The highest BCUT2D eigenvalue weighted by Crippen LogP contribution is 2.21. The molecule has 0 spiro atoms. The van der Waals surface area contributed by atoms with Crippen molar-refractivity contribution in [2.24, 2.45) is 0 Å². The predicted molar refractivity (Wildman–Crippen MR) is 97.7 cm³/mol. The van der Waals surface area contributed by atoms with Gasteiger partial charge < -0.3 is 13.7 Å². The van der Waals surface area contributed by atoms with Gasteiger partial charge in [-0.05, 0) is 48.0 Å². The highest BCUT2D eigenvalue weighted by Gasteiger charge is 2.20. The highest BCUT2D eigenvalue weighted by atomic mass is 35.5. The van der Waals surface area contributed by atoms with E-state index in [0.29, 0.717) is 10.6 Å². The van der Waals surface area contributed by atoms with E-state index in [1.165, 1.54) is 54.6 Å². The maximum atomic E-state index is 12.2. The van der Waals surface area contributed by atoms with Gasteiger partial charge in [-0.2, -0.15) is 8.42 Å². The van der Waals surface area contributed by atoms with Gasteiger partial charge in [0.1, 0.15) is 16.2 Å². The number of halogens is 1. The van der Waals surface area contributed by atoms with Crippen LogP contribution in [0.3, 0.4) is 0 Å². The minimum atomic E-state index is -4.02. The van der Waals surface area contributed by atoms with E-state index in [1.54, 1.807) is 0 Å². The first-order chi connectivity index (χ1) is 12.8. The lowest BCUT2D eigenvalue weighted by Crippen LogP contribution is -2.15. The molecule has 0 amide bonds. The molecule has 7 nitrogen and oxygen atoms in total. The van der Waals surface area contributed by atoms with Gasteiger partial charge in [0.05, 0.1) is 14.2 Å². The average Bonchev–Trinajstić information content (AvgIpc) is 2.66. The number of hydrogen-bond donors (Lipinski definition) is 0. The maximum absolute atomic E-state index is 12.2. The monoisotopic (exact) mass is 410 g/mol. The molecule has 9 heteroatoms. The van der Waals surface area contributed by atoms with Crippen LogP contribution in [0.5, 0.6) is 5.75 Å². The number of rotatable bonds is 6. The third-order valence-corrected chi connectivity index (χ3v) is 4.82. The summed E-state index contributed by atoms with van der Waals surface area (Å²) in [6.07, 6.45) is 1.26. The van der Waals surface area contributed by atoms with Crippen LogP contribution in [-0.4, -0.2) is 34.6 Å². The van der Waals surface area contributed by atoms with E-state index in [2.05, 4.69) is 9.47 Å². The van der Waals surface area contributed by atoms with Crippen LogP contribution in [0, 0.1) is 0 Å². The third kappa shape index (κ3) is 5.32. The van der Waals surface area contributed by atoms with Gasteiger partial charge in [0.25, 0.3) is 0 Å². The molecule has 0 N–H and O–H groups in total. The summed E-state index contributed by atoms with van der Waals surface area (Å²) in [5.41, 5.74) is 0.138. The van der Waals surface area contributed by atoms with Gasteiger partial charge in [0.15, 0.2) is 0 Å². The van der Waals surface area contributed by atoms with E-state index in [9.17, 15) is 18.0 Å². The molecule has 0 atom stereocenters. The molecule has 2 aromatic carbocycles. The van der Waals surface area contributed by atoms with Crippen LogP contribution in [0.25, 0.3) is 6.08 Å². The fraction of sp³-hybridized carbons (Fsp3) is 0.111. The Kier molecular flexibility index (Phi) is 6.59. The molecule has 0 radical (unpaired) electrons. The molecule has 0 unspecified atom stereocenters. The predicted octanol–water partition coefficient (Wildman–Crippen LogP) is 2.84. The molecule has 2 rings (SSSR count). The Bertz CT molecular complexity index is 944. The summed E-state index contributed by atoms with van der Waals surface area (Å²) in [6.45, 7) is 0. The fourth-order valence-corrected chi connectivity index (χ4v) is 3.04. The van der Waals surface area contributed by atoms with Gasteiger partial charge in [-0.1, -0.05) is 23.7 Å². The summed E-state index contributed by atoms with van der Waals surface area (Å²) >= 11 is 5.74. The number of carbonyl (C=O) groups excluding carboxylic acids is 2. The first kappa shape index (κ1) is 20.5. The highest BCUT2D eigenvalue weighted by molar-refractivity contribution is 7.87. The number of esters is 2. The van der Waals surface area contributed by atoms with E-state index in [1.807, 2.05) is 0 Å². The van der Waals surface area contributed by atoms with E-state index in [-0.39, 0.29) is 16.2 Å². The number of ether oxygens (including phenoxy) is 2. The topological polar surface area (TPSA) is 96.0 Å². The molecular weight excluding hydrogens is 396 g/mol. The van der Waals surface area contributed by atoms with Gasteiger partial charge in [-0.15, -0.1) is 0 Å². The van der Waals surface area contributed by atoms with E-state index in [0.717, 1.165) is 14.2 Å². The standard InChI is InChI=1S/C18H15ClO7S/c1-24-17(20)16(18(21)25-2)11-12-3-7-14(8-4-12)26-27(22,23)15-9-5-13(19)6-10-15/h3-11H,1-2H3. The fourth-order valence-electron chi connectivity index (χ4n) is 1.98. The minimum Gasteiger partial charge on any atom is -0.465 e. The van der Waals surface area contributed by atoms with Gasteiger partial charge in [-0.25, -0.2) is 9.59 Å². The number of carbonyl (C=O) groups is 2. The number of methoxy groups -OCH3 is 2. The van der Waals surface area contributed by atoms with E-state index < -0.39 is 22.1 Å². The Morgan fingerprint density at radius 1 is 0.889 bits per heavy atom. The van der Waals surface area contributed by atoms with Gasteiger partial charge in [0.2, 0.25) is 0 Å². The Morgan fingerprint density at radius 3 is 1.89 bits per heavy atom. The van der Waals surface area contributed by atoms with Crippen LogP contribution in [-0.2, 0) is 29.2 Å². The quantitative estimate of drug-likeness (QED) is 0.237. The van der Waals surface area contributed by atoms with Crippen LogP contribution in [0.4, 0.5) is 0 Å². The van der Waals surface area contributed by atoms with Crippen molar-refractivity contribution in [1.82, 2.24) is 0 Å². The van der Waals surface area contributed by atoms with E-state index in [4.69, 9.17) is 15.8 Å². The van der Waals surface area contributed by atoms with Crippen molar-refractivity contribution in [2.75, 3.05) is 14.2 Å². The van der Waals surface area contributed by atoms with Crippen molar-refractivity contribution in [2.45, 2.75) is 4.90 Å². The second-order valence-electron chi connectivity index (χ2n) is 5.10. The second kappa shape index (κ2) is 8.70. The molecule has 0 heterocycles. The van der Waals surface area contributed by atoms with Crippen LogP contribution in [0.2, 0.25) is 5.02 Å². The van der Waals surface area contributed by atoms with Crippen molar-refractivity contribution in [3.63, 3.8) is 0 Å². The lowest BCUT2D eigenvalue weighted by Gasteiger charge is -2.08. The van der Waals surface area contributed by atoms with Crippen molar-refractivity contribution in [3.05, 3.63) is 64.7 Å². The Hall–Kier alpha value is -2.84. The van der Waals surface area contributed by atoms with Crippen LogP contribution in [0.15, 0.2) is 59.0 Å². The lowest BCUT2D eigenvalue weighted by molar-refractivity contribution is -0.143. The molecule has 0 saturated heterocycles. The molecule has 0 aromatic heterocycles. The molecule has 142 valence electrons. The molecule has 0 aliphatic heterocycles. The molecule has 0 aliphatic carbocycles. The van der Waals surface area contributed by atoms with Crippen LogP contribution >= 0.6 is 11.6 Å². The van der Waals surface area contributed by atoms with Gasteiger partial charge in [0, 0.05) is 5.02 Å². The van der Waals surface area contributed by atoms with Gasteiger partial charge >= 0.3 is 22.1 Å². The van der Waals surface area contributed by atoms with Crippen LogP contribution < -0.4 is 4.18 Å². The number of benzene rings is 2. The molecule has 0 bridgehead atoms. The first-order valence-corrected chi connectivity index (χ1v) is 9.24. The minimum absolute atomic E-state index is 0.0467. The summed E-state index contributed by atoms with van der Waals surface area (Å²) in [7, 11) is -1.75. The van der Waals surface area contributed by atoms with Gasteiger partial charge in [-0.3, -0.25) is 0 Å². The molecule has 0 saturated carbocycles. The van der Waals surface area contributed by atoms with Crippen molar-refractivity contribution >= 4 is 39.7 Å². The summed E-state index contributed by atoms with van der Waals surface area (Å²) in [4.78, 5) is 23.2. The zero-order valence-corrected chi connectivity index (χ0v) is 15.9. The molecule has 2 aromatic rings.